The van der Waals surface area contributed by atoms with Crippen molar-refractivity contribution in [1.29, 1.82) is 0 Å². The molecule has 0 radical (unpaired) electrons. The molecule has 6 aliphatic rings. The molecule has 0 aromatic rings. The summed E-state index contributed by atoms with van der Waals surface area (Å²) in [6, 6.07) is 0. The van der Waals surface area contributed by atoms with Crippen LogP contribution in [0.2, 0.25) is 0 Å². The van der Waals surface area contributed by atoms with Crippen LogP contribution in [0.1, 0.15) is 98.3 Å². The van der Waals surface area contributed by atoms with E-state index in [1.807, 2.05) is 42.4 Å². The smallest absolute Gasteiger partial charge is 0.458 e. The van der Waals surface area contributed by atoms with Crippen LogP contribution in [0.3, 0.4) is 0 Å². The molecule has 4 heterocycles. The lowest BCUT2D eigenvalue weighted by atomic mass is 9.46. The van der Waals surface area contributed by atoms with Gasteiger partial charge in [-0.15, -0.1) is 0 Å². The minimum atomic E-state index is -1.53. The van der Waals surface area contributed by atoms with E-state index in [2.05, 4.69) is 12.2 Å². The van der Waals surface area contributed by atoms with Crippen molar-refractivity contribution in [1.82, 2.24) is 5.32 Å². The second kappa shape index (κ2) is 12.9. The van der Waals surface area contributed by atoms with Gasteiger partial charge in [-0.1, -0.05) is 48.8 Å². The zero-order valence-corrected chi connectivity index (χ0v) is 28.7. The summed E-state index contributed by atoms with van der Waals surface area (Å²) in [6.45, 7) is 8.95. The molecule has 2 N–H and O–H groups in total. The second-order valence-corrected chi connectivity index (χ2v) is 17.1. The normalized spacial score (nSPS) is 39.8. The number of carbonyl (C=O) groups excluding carboxylic acids is 3. The maximum Gasteiger partial charge on any atom is 0.508 e. The monoisotopic (exact) mass is 667 g/mol. The van der Waals surface area contributed by atoms with Gasteiger partial charge in [-0.3, -0.25) is 4.79 Å². The summed E-state index contributed by atoms with van der Waals surface area (Å²) in [5, 5.41) is 16.3. The van der Waals surface area contributed by atoms with Crippen molar-refractivity contribution in [2.24, 2.45) is 17.3 Å². The van der Waals surface area contributed by atoms with E-state index in [4.69, 9.17) is 23.7 Å². The fourth-order valence-corrected chi connectivity index (χ4v) is 11.8. The van der Waals surface area contributed by atoms with Gasteiger partial charge in [-0.05, 0) is 82.1 Å². The lowest BCUT2D eigenvalue weighted by molar-refractivity contribution is -0.328. The number of carbonyl (C=O) groups is 3. The number of nitrogens with one attached hydrogen (secondary N) is 1. The van der Waals surface area contributed by atoms with Crippen LogP contribution in [0.5, 0.6) is 0 Å². The number of unbranched alkanes of at least 4 members (excludes halogenated alkanes) is 2. The Balaban J connectivity index is 1.01. The molecule has 0 aromatic heterocycles. The maximum absolute atomic E-state index is 13.1. The number of amides is 1. The highest BCUT2D eigenvalue weighted by Gasteiger charge is 2.83. The van der Waals surface area contributed by atoms with Crippen molar-refractivity contribution >= 4 is 39.6 Å². The standard InChI is InChI=1S/C33H49NO9S2/c1-20(2)33-27(41-29(37)39-17-8-7-16-34-25(35)10-6-5-9-21-13-18-44-45-21)32(38)15-12-24-23-19-40-26(36)22(23)11-14-30(24,3)31(32,4)42-28(33)43-33/h20-21,24,27-28,38H,5-19H2,1-4H3,(H,34,35)/t21?,24-,27-,28+,30-,31+,32+,33+/m0/s1. The van der Waals surface area contributed by atoms with Crippen LogP contribution in [0.4, 0.5) is 4.79 Å². The highest BCUT2D eigenvalue weighted by Crippen LogP contribution is 2.69. The number of cyclic esters (lactones) is 1. The highest BCUT2D eigenvalue weighted by molar-refractivity contribution is 8.77. The van der Waals surface area contributed by atoms with Crippen LogP contribution in [0, 0.1) is 17.3 Å². The molecule has 4 aliphatic heterocycles. The lowest BCUT2D eigenvalue weighted by Crippen LogP contribution is -2.78. The van der Waals surface area contributed by atoms with Gasteiger partial charge < -0.3 is 34.1 Å². The number of epoxide rings is 1. The Kier molecular flexibility index (Phi) is 9.55. The van der Waals surface area contributed by atoms with Gasteiger partial charge in [0.05, 0.1) is 6.61 Å². The molecule has 1 amide bonds. The fraction of sp³-hybridized carbons (Fsp3) is 0.848. The second-order valence-electron chi connectivity index (χ2n) is 14.4. The molecule has 1 saturated carbocycles. The first-order valence-corrected chi connectivity index (χ1v) is 19.2. The summed E-state index contributed by atoms with van der Waals surface area (Å²) in [4.78, 5) is 37.6. The largest absolute Gasteiger partial charge is 0.508 e. The number of ether oxygens (including phenoxy) is 5. The number of aliphatic hydroxyl groups is 1. The van der Waals surface area contributed by atoms with E-state index in [0.717, 1.165) is 29.2 Å². The maximum atomic E-state index is 13.1. The molecule has 6 rings (SSSR count). The van der Waals surface area contributed by atoms with E-state index >= 15 is 0 Å². The van der Waals surface area contributed by atoms with Crippen molar-refractivity contribution in [2.45, 2.75) is 133 Å². The molecule has 4 fully saturated rings. The molecule has 45 heavy (non-hydrogen) atoms. The fourth-order valence-electron chi connectivity index (χ4n) is 8.74. The third-order valence-electron chi connectivity index (χ3n) is 11.8. The molecule has 0 spiro atoms. The number of esters is 1. The predicted molar refractivity (Wildman–Crippen MR) is 170 cm³/mol. The van der Waals surface area contributed by atoms with Gasteiger partial charge in [0.15, 0.2) is 18.0 Å². The summed E-state index contributed by atoms with van der Waals surface area (Å²) in [7, 11) is 3.93. The Morgan fingerprint density at radius 3 is 2.69 bits per heavy atom. The summed E-state index contributed by atoms with van der Waals surface area (Å²) < 4.78 is 29.8. The molecule has 8 atom stereocenters. The topological polar surface area (TPSA) is 133 Å². The first-order valence-electron chi connectivity index (χ1n) is 16.8. The van der Waals surface area contributed by atoms with Crippen molar-refractivity contribution < 1.29 is 43.2 Å². The van der Waals surface area contributed by atoms with Crippen molar-refractivity contribution in [3.63, 3.8) is 0 Å². The first kappa shape index (κ1) is 33.4. The predicted octanol–water partition coefficient (Wildman–Crippen LogP) is 5.45. The first-order chi connectivity index (χ1) is 21.5. The molecule has 12 heteroatoms. The molecular formula is C33H49NO9S2. The van der Waals surface area contributed by atoms with Crippen LogP contribution in [-0.4, -0.2) is 83.1 Å². The minimum absolute atomic E-state index is 0.00609. The number of rotatable bonds is 12. The average molecular weight is 668 g/mol. The van der Waals surface area contributed by atoms with Crippen molar-refractivity contribution in [3.8, 4) is 0 Å². The zero-order valence-electron chi connectivity index (χ0n) is 27.0. The summed E-state index contributed by atoms with van der Waals surface area (Å²) in [5.41, 5.74) is -2.36. The van der Waals surface area contributed by atoms with E-state index in [-0.39, 0.29) is 36.9 Å². The molecule has 252 valence electrons. The third kappa shape index (κ3) is 5.72. The van der Waals surface area contributed by atoms with Crippen molar-refractivity contribution in [3.05, 3.63) is 11.1 Å². The van der Waals surface area contributed by atoms with Gasteiger partial charge in [0.1, 0.15) is 17.8 Å². The highest BCUT2D eigenvalue weighted by atomic mass is 33.1. The van der Waals surface area contributed by atoms with Crippen LogP contribution in [-0.2, 0) is 33.3 Å². The minimum Gasteiger partial charge on any atom is -0.458 e. The summed E-state index contributed by atoms with van der Waals surface area (Å²) >= 11 is 0. The Morgan fingerprint density at radius 2 is 1.93 bits per heavy atom. The van der Waals surface area contributed by atoms with Gasteiger partial charge >= 0.3 is 12.1 Å². The molecule has 0 aromatic carbocycles. The SMILES string of the molecule is CC(C)[C@]12O[C@H]1O[C@]1(C)[C@@]3(C)CCC4=C(COC4=O)[C@@H]3CC[C@@]1(O)[C@@H]2OC(=O)OCCCCNC(=O)CCCCC1CCSS1. The lowest BCUT2D eigenvalue weighted by Gasteiger charge is -2.65. The third-order valence-corrected chi connectivity index (χ3v) is 14.8. The van der Waals surface area contributed by atoms with Gasteiger partial charge in [0.2, 0.25) is 5.91 Å². The van der Waals surface area contributed by atoms with Gasteiger partial charge in [0.25, 0.3) is 0 Å². The van der Waals surface area contributed by atoms with Crippen LogP contribution >= 0.6 is 21.6 Å². The van der Waals surface area contributed by atoms with Gasteiger partial charge in [-0.25, -0.2) is 9.59 Å². The van der Waals surface area contributed by atoms with Crippen LogP contribution < -0.4 is 5.32 Å². The molecule has 1 unspecified atom stereocenters. The summed E-state index contributed by atoms with van der Waals surface area (Å²) in [5.74, 6) is 0.986. The molecule has 10 nitrogen and oxygen atoms in total. The van der Waals surface area contributed by atoms with E-state index < -0.39 is 40.8 Å². The van der Waals surface area contributed by atoms with E-state index in [0.29, 0.717) is 51.5 Å². The number of fused-ring (bicyclic) bond motifs is 5. The van der Waals surface area contributed by atoms with Crippen LogP contribution in [0.25, 0.3) is 0 Å². The van der Waals surface area contributed by atoms with Crippen molar-refractivity contribution in [2.75, 3.05) is 25.5 Å². The quantitative estimate of drug-likeness (QED) is 0.119. The van der Waals surface area contributed by atoms with E-state index in [1.165, 1.54) is 18.6 Å². The molecule has 3 saturated heterocycles. The number of hydrogen-bond acceptors (Lipinski definition) is 11. The Bertz CT molecular complexity index is 1210. The number of hydrogen-bond donors (Lipinski definition) is 2. The Labute approximate surface area is 274 Å². The average Bonchev–Trinajstić information content (AvgIpc) is 3.29. The van der Waals surface area contributed by atoms with Gasteiger partial charge in [-0.2, -0.15) is 0 Å². The Morgan fingerprint density at radius 1 is 1.11 bits per heavy atom. The van der Waals surface area contributed by atoms with Crippen LogP contribution in [0.15, 0.2) is 11.1 Å². The zero-order chi connectivity index (χ0) is 32.0. The molecular weight excluding hydrogens is 618 g/mol. The van der Waals surface area contributed by atoms with E-state index in [9.17, 15) is 19.5 Å². The summed E-state index contributed by atoms with van der Waals surface area (Å²) in [6.07, 6.45) is 5.93. The van der Waals surface area contributed by atoms with Gasteiger partial charge in [0, 0.05) is 35.0 Å². The Hall–Kier alpha value is -1.47. The molecule has 0 bridgehead atoms. The molecule has 2 aliphatic carbocycles. The van der Waals surface area contributed by atoms with E-state index in [1.54, 1.807) is 0 Å².